The molecule has 0 radical (unpaired) electrons. The van der Waals surface area contributed by atoms with E-state index < -0.39 is 47.6 Å². The zero-order valence-corrected chi connectivity index (χ0v) is 23.0. The van der Waals surface area contributed by atoms with E-state index in [9.17, 15) is 32.3 Å². The lowest BCUT2D eigenvalue weighted by molar-refractivity contribution is -0.146. The molecule has 1 heterocycles. The number of methoxy groups -OCH3 is 1. The van der Waals surface area contributed by atoms with E-state index in [-0.39, 0.29) is 36.1 Å². The second-order valence-corrected chi connectivity index (χ2v) is 9.74. The van der Waals surface area contributed by atoms with E-state index in [2.05, 4.69) is 15.0 Å². The summed E-state index contributed by atoms with van der Waals surface area (Å²) in [6.07, 6.45) is -5.77. The fraction of sp³-hybridized carbons (Fsp3) is 0.414. The van der Waals surface area contributed by atoms with E-state index in [1.807, 2.05) is 13.8 Å². The van der Waals surface area contributed by atoms with Gasteiger partial charge in [0.2, 0.25) is 0 Å². The Kier molecular flexibility index (Phi) is 10.6. The highest BCUT2D eigenvalue weighted by Crippen LogP contribution is 2.44. The van der Waals surface area contributed by atoms with Gasteiger partial charge in [0.25, 0.3) is 0 Å². The van der Waals surface area contributed by atoms with Crippen molar-refractivity contribution < 1.29 is 46.5 Å². The molecule has 2 N–H and O–H groups in total. The molecule has 12 heteroatoms. The van der Waals surface area contributed by atoms with Crippen molar-refractivity contribution in [1.29, 1.82) is 0 Å². The standard InChI is InChI=1S/C29H32F4N2O6/c1-16(2)34-13-19(36)15-40-20-11-9-18(10-12-20)14-41-28(38)23-17(3)35-26(29(31,32)33)25(27(37)39-4)24(23)21-7-5-6-8-22(21)30/h5-12,16,19,24-25,34,36H,13-15H2,1-4H3. The Labute approximate surface area is 235 Å². The van der Waals surface area contributed by atoms with Crippen molar-refractivity contribution in [2.24, 2.45) is 10.9 Å². The van der Waals surface area contributed by atoms with Crippen LogP contribution in [0.15, 0.2) is 64.8 Å². The number of alkyl halides is 3. The Morgan fingerprint density at radius 3 is 2.34 bits per heavy atom. The number of benzene rings is 2. The van der Waals surface area contributed by atoms with E-state index >= 15 is 0 Å². The van der Waals surface area contributed by atoms with Crippen LogP contribution < -0.4 is 10.1 Å². The highest BCUT2D eigenvalue weighted by atomic mass is 19.4. The fourth-order valence-electron chi connectivity index (χ4n) is 4.34. The van der Waals surface area contributed by atoms with Crippen molar-refractivity contribution in [3.63, 3.8) is 0 Å². The smallest absolute Gasteiger partial charge is 0.430 e. The molecule has 41 heavy (non-hydrogen) atoms. The van der Waals surface area contributed by atoms with Gasteiger partial charge in [0.05, 0.1) is 12.7 Å². The minimum Gasteiger partial charge on any atom is -0.491 e. The highest BCUT2D eigenvalue weighted by molar-refractivity contribution is 6.10. The van der Waals surface area contributed by atoms with Gasteiger partial charge in [-0.15, -0.1) is 0 Å². The summed E-state index contributed by atoms with van der Waals surface area (Å²) in [7, 11) is 0.897. The molecule has 2 aromatic rings. The molecule has 0 fully saturated rings. The van der Waals surface area contributed by atoms with Crippen LogP contribution in [0, 0.1) is 11.7 Å². The number of aliphatic hydroxyl groups excluding tert-OH is 1. The van der Waals surface area contributed by atoms with Crippen LogP contribution in [-0.2, 0) is 25.7 Å². The first-order valence-electron chi connectivity index (χ1n) is 12.8. The summed E-state index contributed by atoms with van der Waals surface area (Å²) in [5, 5.41) is 13.1. The van der Waals surface area contributed by atoms with Gasteiger partial charge < -0.3 is 24.6 Å². The first-order chi connectivity index (χ1) is 19.3. The van der Waals surface area contributed by atoms with E-state index in [0.29, 0.717) is 17.9 Å². The molecule has 0 amide bonds. The predicted octanol–water partition coefficient (Wildman–Crippen LogP) is 4.47. The third kappa shape index (κ3) is 8.14. The fourth-order valence-corrected chi connectivity index (χ4v) is 4.34. The van der Waals surface area contributed by atoms with Gasteiger partial charge in [0.1, 0.15) is 42.5 Å². The molecule has 3 atom stereocenters. The molecule has 0 aromatic heterocycles. The second-order valence-electron chi connectivity index (χ2n) is 9.74. The lowest BCUT2D eigenvalue weighted by atomic mass is 9.75. The number of carbonyl (C=O) groups is 2. The zero-order chi connectivity index (χ0) is 30.3. The maximum absolute atomic E-state index is 14.9. The number of hydrogen-bond donors (Lipinski definition) is 2. The Morgan fingerprint density at radius 2 is 1.76 bits per heavy atom. The summed E-state index contributed by atoms with van der Waals surface area (Å²) < 4.78 is 72.3. The average molecular weight is 581 g/mol. The summed E-state index contributed by atoms with van der Waals surface area (Å²) >= 11 is 0. The van der Waals surface area contributed by atoms with Gasteiger partial charge in [-0.1, -0.05) is 44.2 Å². The molecule has 0 saturated carbocycles. The van der Waals surface area contributed by atoms with Gasteiger partial charge in [-0.25, -0.2) is 9.18 Å². The summed E-state index contributed by atoms with van der Waals surface area (Å²) in [4.78, 5) is 29.5. The van der Waals surface area contributed by atoms with Crippen LogP contribution in [0.3, 0.4) is 0 Å². The van der Waals surface area contributed by atoms with Crippen molar-refractivity contribution in [3.8, 4) is 5.75 Å². The number of hydrogen-bond acceptors (Lipinski definition) is 8. The molecule has 0 saturated heterocycles. The van der Waals surface area contributed by atoms with Gasteiger partial charge in [-0.3, -0.25) is 9.79 Å². The Bertz CT molecular complexity index is 1290. The normalized spacial score (nSPS) is 18.1. The molecule has 2 aromatic carbocycles. The summed E-state index contributed by atoms with van der Waals surface area (Å²) in [5.41, 5.74) is -2.02. The number of aliphatic hydroxyl groups is 1. The molecule has 0 aliphatic carbocycles. The minimum absolute atomic E-state index is 0.0563. The van der Waals surface area contributed by atoms with Crippen molar-refractivity contribution in [2.75, 3.05) is 20.3 Å². The van der Waals surface area contributed by atoms with Gasteiger partial charge >= 0.3 is 18.1 Å². The molecular weight excluding hydrogens is 548 g/mol. The predicted molar refractivity (Wildman–Crippen MR) is 142 cm³/mol. The molecule has 0 spiro atoms. The Hall–Kier alpha value is -3.77. The van der Waals surface area contributed by atoms with Gasteiger partial charge in [0.15, 0.2) is 0 Å². The largest absolute Gasteiger partial charge is 0.491 e. The van der Waals surface area contributed by atoms with Crippen LogP contribution in [0.2, 0.25) is 0 Å². The van der Waals surface area contributed by atoms with E-state index in [0.717, 1.165) is 13.2 Å². The number of ether oxygens (including phenoxy) is 3. The van der Waals surface area contributed by atoms with Crippen molar-refractivity contribution >= 4 is 17.7 Å². The van der Waals surface area contributed by atoms with Crippen LogP contribution in [-0.4, -0.2) is 61.3 Å². The minimum atomic E-state index is -5.05. The molecule has 222 valence electrons. The number of esters is 2. The second kappa shape index (κ2) is 13.7. The molecule has 8 nitrogen and oxygen atoms in total. The zero-order valence-electron chi connectivity index (χ0n) is 23.0. The molecule has 1 aliphatic rings. The highest BCUT2D eigenvalue weighted by Gasteiger charge is 2.53. The monoisotopic (exact) mass is 580 g/mol. The van der Waals surface area contributed by atoms with E-state index in [1.165, 1.54) is 25.1 Å². The molecule has 0 bridgehead atoms. The molecular formula is C29H32F4N2O6. The Morgan fingerprint density at radius 1 is 1.10 bits per heavy atom. The maximum atomic E-state index is 14.9. The molecule has 3 rings (SSSR count). The molecule has 1 aliphatic heterocycles. The number of carbonyl (C=O) groups excluding carboxylic acids is 2. The third-order valence-corrected chi connectivity index (χ3v) is 6.32. The lowest BCUT2D eigenvalue weighted by Crippen LogP contribution is -2.44. The average Bonchev–Trinajstić information content (AvgIpc) is 2.93. The summed E-state index contributed by atoms with van der Waals surface area (Å²) in [5.74, 6) is -6.66. The SMILES string of the molecule is COC(=O)C1C(C(F)(F)F)=NC(C)=C(C(=O)OCc2ccc(OCC(O)CNC(C)C)cc2)C1c1ccccc1F. The van der Waals surface area contributed by atoms with Crippen LogP contribution in [0.25, 0.3) is 0 Å². The number of nitrogens with one attached hydrogen (secondary N) is 1. The number of halogens is 4. The topological polar surface area (TPSA) is 106 Å². The number of allylic oxidation sites excluding steroid dienone is 1. The van der Waals surface area contributed by atoms with Crippen LogP contribution in [0.5, 0.6) is 5.75 Å². The van der Waals surface area contributed by atoms with Crippen molar-refractivity contribution in [3.05, 3.63) is 76.7 Å². The van der Waals surface area contributed by atoms with E-state index in [4.69, 9.17) is 9.47 Å². The number of rotatable bonds is 11. The number of aliphatic imine (C=N–C) groups is 1. The van der Waals surface area contributed by atoms with Gasteiger partial charge in [-0.05, 0) is 36.2 Å². The van der Waals surface area contributed by atoms with E-state index in [1.54, 1.807) is 24.3 Å². The van der Waals surface area contributed by atoms with Crippen molar-refractivity contribution in [2.45, 2.75) is 51.6 Å². The van der Waals surface area contributed by atoms with Crippen molar-refractivity contribution in [1.82, 2.24) is 5.32 Å². The first-order valence-corrected chi connectivity index (χ1v) is 12.8. The Balaban J connectivity index is 1.83. The van der Waals surface area contributed by atoms with Crippen LogP contribution in [0.1, 0.15) is 37.8 Å². The van der Waals surface area contributed by atoms with Crippen LogP contribution >= 0.6 is 0 Å². The maximum Gasteiger partial charge on any atom is 0.430 e. The lowest BCUT2D eigenvalue weighted by Gasteiger charge is -2.33. The quantitative estimate of drug-likeness (QED) is 0.299. The van der Waals surface area contributed by atoms with Gasteiger partial charge in [0, 0.05) is 24.2 Å². The third-order valence-electron chi connectivity index (χ3n) is 6.32. The summed E-state index contributed by atoms with van der Waals surface area (Å²) in [6.45, 7) is 5.22. The van der Waals surface area contributed by atoms with Gasteiger partial charge in [-0.2, -0.15) is 13.2 Å². The van der Waals surface area contributed by atoms with Crippen LogP contribution in [0.4, 0.5) is 17.6 Å². The molecule has 3 unspecified atom stereocenters. The summed E-state index contributed by atoms with van der Waals surface area (Å²) in [6, 6.07) is 11.6. The number of nitrogens with zero attached hydrogens (tertiary/aromatic N) is 1. The first kappa shape index (κ1) is 31.8.